The second-order valence-electron chi connectivity index (χ2n) is 4.40. The van der Waals surface area contributed by atoms with Crippen LogP contribution in [-0.4, -0.2) is 44.2 Å². The molecule has 1 aliphatic rings. The summed E-state index contributed by atoms with van der Waals surface area (Å²) in [5.74, 6) is 0.561. The molecule has 1 saturated heterocycles. The molecule has 7 heteroatoms. The summed E-state index contributed by atoms with van der Waals surface area (Å²) in [6, 6.07) is -0.143. The maximum Gasteiger partial charge on any atom is 0.323 e. The molecule has 2 amide bonds. The average Bonchev–Trinajstić information content (AvgIpc) is 2.65. The van der Waals surface area contributed by atoms with E-state index in [4.69, 9.17) is 0 Å². The fourth-order valence-electron chi connectivity index (χ4n) is 1.77. The molecule has 2 atom stereocenters. The van der Waals surface area contributed by atoms with E-state index in [2.05, 4.69) is 10.3 Å². The summed E-state index contributed by atoms with van der Waals surface area (Å²) in [4.78, 5) is 17.9. The number of aryl methyl sites for hydroxylation is 1. The molecule has 0 aromatic carbocycles. The van der Waals surface area contributed by atoms with Crippen molar-refractivity contribution in [1.82, 2.24) is 9.88 Å². The Morgan fingerprint density at radius 1 is 1.61 bits per heavy atom. The highest BCUT2D eigenvalue weighted by atomic mass is 32.2. The number of carbonyl (C=O) groups excluding carboxylic acids is 1. The topological polar surface area (TPSA) is 62.3 Å². The van der Waals surface area contributed by atoms with E-state index in [0.29, 0.717) is 24.0 Å². The van der Waals surface area contributed by atoms with Crippen LogP contribution in [0.15, 0.2) is 5.38 Å². The second kappa shape index (κ2) is 5.79. The quantitative estimate of drug-likeness (QED) is 0.857. The van der Waals surface area contributed by atoms with E-state index in [1.807, 2.05) is 19.2 Å². The van der Waals surface area contributed by atoms with E-state index >= 15 is 0 Å². The van der Waals surface area contributed by atoms with E-state index in [9.17, 15) is 9.00 Å². The molecule has 2 rings (SSSR count). The van der Waals surface area contributed by atoms with Crippen LogP contribution in [0.5, 0.6) is 0 Å². The molecule has 100 valence electrons. The molecule has 18 heavy (non-hydrogen) atoms. The van der Waals surface area contributed by atoms with Crippen LogP contribution in [0.1, 0.15) is 19.0 Å². The molecular weight excluding hydrogens is 270 g/mol. The van der Waals surface area contributed by atoms with Crippen molar-refractivity contribution in [3.05, 3.63) is 11.1 Å². The second-order valence-corrected chi connectivity index (χ2v) is 7.23. The number of nitrogens with zero attached hydrogens (tertiary/aromatic N) is 2. The smallest absolute Gasteiger partial charge is 0.323 e. The van der Waals surface area contributed by atoms with Crippen molar-refractivity contribution in [2.24, 2.45) is 0 Å². The highest BCUT2D eigenvalue weighted by Gasteiger charge is 2.22. The van der Waals surface area contributed by atoms with Crippen LogP contribution in [0.2, 0.25) is 0 Å². The molecular formula is C11H17N3O2S2. The number of carbonyl (C=O) groups is 1. The molecule has 0 bridgehead atoms. The lowest BCUT2D eigenvalue weighted by atomic mass is 10.3. The average molecular weight is 287 g/mol. The van der Waals surface area contributed by atoms with Crippen molar-refractivity contribution < 1.29 is 9.00 Å². The van der Waals surface area contributed by atoms with Gasteiger partial charge in [0.05, 0.1) is 5.69 Å². The fraction of sp³-hybridized carbons (Fsp3) is 0.636. The molecule has 0 saturated carbocycles. The zero-order valence-corrected chi connectivity index (χ0v) is 12.1. The number of thiazole rings is 1. The lowest BCUT2D eigenvalue weighted by Gasteiger charge is -2.19. The molecule has 1 fully saturated rings. The zero-order valence-electron chi connectivity index (χ0n) is 10.5. The first-order chi connectivity index (χ1) is 8.56. The van der Waals surface area contributed by atoms with E-state index in [0.717, 1.165) is 12.1 Å². The van der Waals surface area contributed by atoms with Gasteiger partial charge in [0.25, 0.3) is 0 Å². The number of anilines is 1. The summed E-state index contributed by atoms with van der Waals surface area (Å²) in [5, 5.41) is 5.48. The van der Waals surface area contributed by atoms with Crippen LogP contribution in [0.3, 0.4) is 0 Å². The summed E-state index contributed by atoms with van der Waals surface area (Å²) in [6.45, 7) is 5.07. The molecule has 0 aliphatic carbocycles. The Kier molecular flexibility index (Phi) is 4.34. The van der Waals surface area contributed by atoms with Crippen molar-refractivity contribution in [1.29, 1.82) is 0 Å². The fourth-order valence-corrected chi connectivity index (χ4v) is 3.62. The number of nitrogens with one attached hydrogen (secondary N) is 1. The lowest BCUT2D eigenvalue weighted by Crippen LogP contribution is -2.36. The SMILES string of the molecule is Cc1csc(NC(=O)N2CC[C@@H](C)[S@@](=O)CC2)n1. The van der Waals surface area contributed by atoms with Gasteiger partial charge in [-0.3, -0.25) is 9.53 Å². The summed E-state index contributed by atoms with van der Waals surface area (Å²) in [5.41, 5.74) is 0.904. The maximum absolute atomic E-state index is 12.0. The van der Waals surface area contributed by atoms with Crippen molar-refractivity contribution in [3.63, 3.8) is 0 Å². The van der Waals surface area contributed by atoms with E-state index < -0.39 is 10.8 Å². The van der Waals surface area contributed by atoms with Crippen LogP contribution in [0, 0.1) is 6.92 Å². The third-order valence-electron chi connectivity index (χ3n) is 2.94. The first-order valence-electron chi connectivity index (χ1n) is 5.91. The Morgan fingerprint density at radius 2 is 2.39 bits per heavy atom. The van der Waals surface area contributed by atoms with Gasteiger partial charge in [-0.1, -0.05) is 6.92 Å². The van der Waals surface area contributed by atoms with E-state index in [-0.39, 0.29) is 11.3 Å². The van der Waals surface area contributed by atoms with Gasteiger partial charge in [-0.15, -0.1) is 11.3 Å². The van der Waals surface area contributed by atoms with Crippen molar-refractivity contribution in [2.75, 3.05) is 24.2 Å². The Balaban J connectivity index is 1.95. The molecule has 0 radical (unpaired) electrons. The molecule has 1 aromatic heterocycles. The number of rotatable bonds is 1. The van der Waals surface area contributed by atoms with Gasteiger partial charge in [0, 0.05) is 40.3 Å². The summed E-state index contributed by atoms with van der Waals surface area (Å²) >= 11 is 1.42. The number of hydrogen-bond donors (Lipinski definition) is 1. The predicted octanol–water partition coefficient (Wildman–Crippen LogP) is 1.83. The number of hydrogen-bond acceptors (Lipinski definition) is 4. The first-order valence-corrected chi connectivity index (χ1v) is 8.17. The van der Waals surface area contributed by atoms with Gasteiger partial charge in [-0.2, -0.15) is 0 Å². The van der Waals surface area contributed by atoms with Crippen LogP contribution in [0.4, 0.5) is 9.93 Å². The standard InChI is InChI=1S/C11H17N3O2S2/c1-8-7-17-10(12-8)13-11(15)14-4-3-9(2)18(16)6-5-14/h7,9H,3-6H2,1-2H3,(H,12,13,15)/t9-,18+/m1/s1. The lowest BCUT2D eigenvalue weighted by molar-refractivity contribution is 0.215. The highest BCUT2D eigenvalue weighted by molar-refractivity contribution is 7.85. The van der Waals surface area contributed by atoms with Crippen molar-refractivity contribution >= 4 is 33.3 Å². The number of aromatic nitrogens is 1. The van der Waals surface area contributed by atoms with Crippen LogP contribution in [0.25, 0.3) is 0 Å². The normalized spacial score (nSPS) is 24.7. The molecule has 0 spiro atoms. The van der Waals surface area contributed by atoms with E-state index in [1.54, 1.807) is 4.90 Å². The van der Waals surface area contributed by atoms with E-state index in [1.165, 1.54) is 11.3 Å². The Morgan fingerprint density at radius 3 is 3.06 bits per heavy atom. The monoisotopic (exact) mass is 287 g/mol. The van der Waals surface area contributed by atoms with Crippen LogP contribution < -0.4 is 5.32 Å². The van der Waals surface area contributed by atoms with Gasteiger partial charge in [-0.05, 0) is 13.3 Å². The van der Waals surface area contributed by atoms with Crippen LogP contribution in [-0.2, 0) is 10.8 Å². The van der Waals surface area contributed by atoms with Gasteiger partial charge in [0.2, 0.25) is 0 Å². The summed E-state index contributed by atoms with van der Waals surface area (Å²) in [7, 11) is -0.817. The zero-order chi connectivity index (χ0) is 13.1. The Hall–Kier alpha value is -0.950. The van der Waals surface area contributed by atoms with Crippen LogP contribution >= 0.6 is 11.3 Å². The van der Waals surface area contributed by atoms with Gasteiger partial charge < -0.3 is 4.90 Å². The third kappa shape index (κ3) is 3.29. The van der Waals surface area contributed by atoms with Crippen molar-refractivity contribution in [2.45, 2.75) is 25.5 Å². The van der Waals surface area contributed by atoms with Gasteiger partial charge >= 0.3 is 6.03 Å². The largest absolute Gasteiger partial charge is 0.324 e. The molecule has 1 aliphatic heterocycles. The highest BCUT2D eigenvalue weighted by Crippen LogP contribution is 2.16. The maximum atomic E-state index is 12.0. The molecule has 0 unspecified atom stereocenters. The summed E-state index contributed by atoms with van der Waals surface area (Å²) in [6.07, 6.45) is 0.789. The number of amides is 2. The van der Waals surface area contributed by atoms with Gasteiger partial charge in [0.15, 0.2) is 5.13 Å². The minimum Gasteiger partial charge on any atom is -0.324 e. The Bertz CT molecular complexity index is 461. The minimum absolute atomic E-state index is 0.143. The van der Waals surface area contributed by atoms with Gasteiger partial charge in [0.1, 0.15) is 0 Å². The summed E-state index contributed by atoms with van der Waals surface area (Å²) < 4.78 is 11.7. The Labute approximate surface area is 113 Å². The third-order valence-corrected chi connectivity index (χ3v) is 5.53. The van der Waals surface area contributed by atoms with Gasteiger partial charge in [-0.25, -0.2) is 9.78 Å². The predicted molar refractivity (Wildman–Crippen MR) is 74.5 cm³/mol. The first kappa shape index (κ1) is 13.5. The molecule has 5 nitrogen and oxygen atoms in total. The molecule has 1 N–H and O–H groups in total. The minimum atomic E-state index is -0.817. The molecule has 2 heterocycles. The van der Waals surface area contributed by atoms with Crippen molar-refractivity contribution in [3.8, 4) is 0 Å². The number of urea groups is 1. The molecule has 1 aromatic rings.